The summed E-state index contributed by atoms with van der Waals surface area (Å²) in [7, 11) is 0. The molecule has 1 unspecified atom stereocenters. The molecule has 0 aromatic heterocycles. The highest BCUT2D eigenvalue weighted by Gasteiger charge is 2.58. The number of rotatable bonds is 2. The van der Waals surface area contributed by atoms with Gasteiger partial charge in [-0.2, -0.15) is 22.0 Å². The monoisotopic (exact) mass is 189 g/mol. The van der Waals surface area contributed by atoms with E-state index in [1.165, 1.54) is 0 Å². The summed E-state index contributed by atoms with van der Waals surface area (Å²) in [5.41, 5.74) is 0. The molecular formula is C6H8F5N. The zero-order chi connectivity index (χ0) is 9.41. The first-order chi connectivity index (χ1) is 5.33. The molecule has 0 aliphatic carbocycles. The Bertz CT molecular complexity index is 160. The summed E-state index contributed by atoms with van der Waals surface area (Å²) in [5.74, 6) is -4.55. The molecule has 1 aliphatic rings. The average molecular weight is 189 g/mol. The number of nitrogens with one attached hydrogen (secondary N) is 1. The molecule has 0 aromatic rings. The molecule has 1 fully saturated rings. The Balaban J connectivity index is 2.46. The van der Waals surface area contributed by atoms with E-state index in [4.69, 9.17) is 0 Å². The third-order valence-electron chi connectivity index (χ3n) is 1.84. The highest BCUT2D eigenvalue weighted by Crippen LogP contribution is 2.39. The van der Waals surface area contributed by atoms with Crippen LogP contribution in [0.5, 0.6) is 0 Å². The predicted molar refractivity (Wildman–Crippen MR) is 32.0 cm³/mol. The van der Waals surface area contributed by atoms with Crippen LogP contribution >= 0.6 is 0 Å². The molecule has 1 nitrogen and oxygen atoms in total. The van der Waals surface area contributed by atoms with Crippen molar-refractivity contribution in [3.8, 4) is 0 Å². The van der Waals surface area contributed by atoms with Crippen molar-refractivity contribution in [2.75, 3.05) is 6.54 Å². The molecule has 1 atom stereocenters. The molecule has 72 valence electrons. The maximum Gasteiger partial charge on any atom is 0.453 e. The topological polar surface area (TPSA) is 12.0 Å². The minimum Gasteiger partial charge on any atom is -0.314 e. The third kappa shape index (κ3) is 1.85. The van der Waals surface area contributed by atoms with E-state index in [9.17, 15) is 22.0 Å². The van der Waals surface area contributed by atoms with Gasteiger partial charge in [0.15, 0.2) is 0 Å². The molecule has 0 saturated carbocycles. The van der Waals surface area contributed by atoms with Gasteiger partial charge >= 0.3 is 12.1 Å². The van der Waals surface area contributed by atoms with Crippen molar-refractivity contribution in [2.24, 2.45) is 0 Å². The van der Waals surface area contributed by atoms with Gasteiger partial charge in [-0.1, -0.05) is 0 Å². The maximum atomic E-state index is 12.2. The minimum absolute atomic E-state index is 0.395. The van der Waals surface area contributed by atoms with E-state index >= 15 is 0 Å². The van der Waals surface area contributed by atoms with Crippen molar-refractivity contribution in [3.05, 3.63) is 0 Å². The van der Waals surface area contributed by atoms with Crippen molar-refractivity contribution >= 4 is 0 Å². The van der Waals surface area contributed by atoms with Crippen LogP contribution < -0.4 is 5.32 Å². The largest absolute Gasteiger partial charge is 0.453 e. The molecule has 1 saturated heterocycles. The van der Waals surface area contributed by atoms with Crippen LogP contribution in [-0.4, -0.2) is 24.7 Å². The fraction of sp³-hybridized carbons (Fsp3) is 1.00. The summed E-state index contributed by atoms with van der Waals surface area (Å²) in [4.78, 5) is 0. The Labute approximate surface area is 65.9 Å². The molecule has 0 aromatic carbocycles. The van der Waals surface area contributed by atoms with Crippen LogP contribution in [0.2, 0.25) is 0 Å². The molecular weight excluding hydrogens is 181 g/mol. The quantitative estimate of drug-likeness (QED) is 0.654. The van der Waals surface area contributed by atoms with E-state index < -0.39 is 24.6 Å². The third-order valence-corrected chi connectivity index (χ3v) is 1.84. The molecule has 0 amide bonds. The lowest BCUT2D eigenvalue weighted by Crippen LogP contribution is -2.50. The van der Waals surface area contributed by atoms with Crippen LogP contribution in [0, 0.1) is 0 Å². The van der Waals surface area contributed by atoms with Gasteiger partial charge in [-0.15, -0.1) is 0 Å². The fourth-order valence-electron chi connectivity index (χ4n) is 0.948. The standard InChI is InChI=1S/C6H8F5N/c7-5(8,6(9,10)11)3-4-1-2-12-4/h4,12H,1-3H2. The van der Waals surface area contributed by atoms with Crippen LogP contribution in [0.3, 0.4) is 0 Å². The van der Waals surface area contributed by atoms with Crippen molar-refractivity contribution in [2.45, 2.75) is 31.0 Å². The second kappa shape index (κ2) is 2.83. The molecule has 1 aliphatic heterocycles. The molecule has 12 heavy (non-hydrogen) atoms. The zero-order valence-corrected chi connectivity index (χ0v) is 6.09. The highest BCUT2D eigenvalue weighted by molar-refractivity contribution is 4.87. The van der Waals surface area contributed by atoms with E-state index in [2.05, 4.69) is 5.32 Å². The number of hydrogen-bond donors (Lipinski definition) is 1. The second-order valence-electron chi connectivity index (χ2n) is 2.85. The summed E-state index contributed by atoms with van der Waals surface area (Å²) >= 11 is 0. The summed E-state index contributed by atoms with van der Waals surface area (Å²) in [6.07, 6.45) is -6.16. The van der Waals surface area contributed by atoms with Crippen LogP contribution in [0.25, 0.3) is 0 Å². The fourth-order valence-corrected chi connectivity index (χ4v) is 0.948. The number of halogens is 5. The lowest BCUT2D eigenvalue weighted by atomic mass is 9.99. The molecule has 1 N–H and O–H groups in total. The zero-order valence-electron chi connectivity index (χ0n) is 6.09. The smallest absolute Gasteiger partial charge is 0.314 e. The highest BCUT2D eigenvalue weighted by atomic mass is 19.4. The van der Waals surface area contributed by atoms with E-state index in [-0.39, 0.29) is 0 Å². The molecule has 1 heterocycles. The lowest BCUT2D eigenvalue weighted by molar-refractivity contribution is -0.287. The Hall–Kier alpha value is -0.390. The van der Waals surface area contributed by atoms with Gasteiger partial charge in [-0.05, 0) is 13.0 Å². The molecule has 0 radical (unpaired) electrons. The first-order valence-electron chi connectivity index (χ1n) is 3.51. The van der Waals surface area contributed by atoms with Gasteiger partial charge in [0.25, 0.3) is 0 Å². The van der Waals surface area contributed by atoms with Gasteiger partial charge in [-0.3, -0.25) is 0 Å². The van der Waals surface area contributed by atoms with Gasteiger partial charge in [0.2, 0.25) is 0 Å². The SMILES string of the molecule is FC(F)(F)C(F)(F)CC1CCN1. The molecule has 6 heteroatoms. The van der Waals surface area contributed by atoms with Gasteiger partial charge in [0.05, 0.1) is 0 Å². The van der Waals surface area contributed by atoms with Gasteiger partial charge in [0.1, 0.15) is 0 Å². The van der Waals surface area contributed by atoms with Crippen LogP contribution in [0.1, 0.15) is 12.8 Å². The lowest BCUT2D eigenvalue weighted by Gasteiger charge is -2.31. The van der Waals surface area contributed by atoms with Crippen molar-refractivity contribution < 1.29 is 22.0 Å². The Morgan fingerprint density at radius 2 is 1.67 bits per heavy atom. The minimum atomic E-state index is -5.41. The number of hydrogen-bond acceptors (Lipinski definition) is 1. The number of alkyl halides is 5. The van der Waals surface area contributed by atoms with Gasteiger partial charge in [0, 0.05) is 12.5 Å². The Morgan fingerprint density at radius 1 is 1.17 bits per heavy atom. The van der Waals surface area contributed by atoms with Crippen LogP contribution in [-0.2, 0) is 0 Å². The maximum absolute atomic E-state index is 12.2. The van der Waals surface area contributed by atoms with E-state index in [1.807, 2.05) is 0 Å². The summed E-state index contributed by atoms with van der Waals surface area (Å²) < 4.78 is 59.2. The molecule has 0 bridgehead atoms. The van der Waals surface area contributed by atoms with Gasteiger partial charge in [-0.25, -0.2) is 0 Å². The summed E-state index contributed by atoms with van der Waals surface area (Å²) in [6.45, 7) is 0.526. The predicted octanol–water partition coefficient (Wildman–Crippen LogP) is 1.94. The van der Waals surface area contributed by atoms with E-state index in [0.29, 0.717) is 13.0 Å². The van der Waals surface area contributed by atoms with E-state index in [1.54, 1.807) is 0 Å². The first-order valence-corrected chi connectivity index (χ1v) is 3.51. The molecule has 1 rings (SSSR count). The Kier molecular flexibility index (Phi) is 2.29. The van der Waals surface area contributed by atoms with Crippen molar-refractivity contribution in [1.29, 1.82) is 0 Å². The molecule has 0 spiro atoms. The van der Waals surface area contributed by atoms with Crippen molar-refractivity contribution in [3.63, 3.8) is 0 Å². The van der Waals surface area contributed by atoms with Crippen LogP contribution in [0.15, 0.2) is 0 Å². The second-order valence-corrected chi connectivity index (χ2v) is 2.85. The normalized spacial score (nSPS) is 25.2. The average Bonchev–Trinajstić information content (AvgIpc) is 1.76. The van der Waals surface area contributed by atoms with E-state index in [0.717, 1.165) is 0 Å². The first kappa shape index (κ1) is 9.70. The van der Waals surface area contributed by atoms with Crippen LogP contribution in [0.4, 0.5) is 22.0 Å². The van der Waals surface area contributed by atoms with Crippen molar-refractivity contribution in [1.82, 2.24) is 5.32 Å². The Morgan fingerprint density at radius 3 is 1.92 bits per heavy atom. The summed E-state index contributed by atoms with van der Waals surface area (Å²) in [6, 6.07) is -0.679. The summed E-state index contributed by atoms with van der Waals surface area (Å²) in [5, 5.41) is 2.49. The van der Waals surface area contributed by atoms with Gasteiger partial charge < -0.3 is 5.32 Å².